The fourth-order valence-electron chi connectivity index (χ4n) is 2.49. The maximum atomic E-state index is 13.6. The van der Waals surface area contributed by atoms with Crippen molar-refractivity contribution in [2.45, 2.75) is 0 Å². The molecule has 0 aliphatic carbocycles. The zero-order valence-electron chi connectivity index (χ0n) is 14.6. The number of carbonyl (C=O) groups excluding carboxylic acids is 3. The molecule has 9 heteroatoms. The molecule has 0 aromatic heterocycles. The van der Waals surface area contributed by atoms with E-state index in [4.69, 9.17) is 16.3 Å². The Labute approximate surface area is 169 Å². The van der Waals surface area contributed by atoms with Crippen LogP contribution in [0.1, 0.15) is 5.56 Å². The lowest BCUT2D eigenvalue weighted by Crippen LogP contribution is -2.36. The van der Waals surface area contributed by atoms with Crippen molar-refractivity contribution < 1.29 is 23.5 Å². The van der Waals surface area contributed by atoms with Crippen LogP contribution in [0.4, 0.5) is 14.9 Å². The van der Waals surface area contributed by atoms with E-state index in [1.54, 1.807) is 24.3 Å². The van der Waals surface area contributed by atoms with E-state index in [-0.39, 0.29) is 10.6 Å². The Balaban J connectivity index is 1.76. The van der Waals surface area contributed by atoms with Crippen molar-refractivity contribution in [2.75, 3.05) is 19.0 Å². The molecule has 2 aromatic carbocycles. The van der Waals surface area contributed by atoms with Crippen LogP contribution in [-0.2, 0) is 9.59 Å². The topological polar surface area (TPSA) is 75.7 Å². The van der Waals surface area contributed by atoms with Crippen molar-refractivity contribution in [1.29, 1.82) is 0 Å². The van der Waals surface area contributed by atoms with Gasteiger partial charge in [-0.05, 0) is 48.2 Å². The zero-order valence-corrected chi connectivity index (χ0v) is 16.1. The monoisotopic (exact) mass is 420 g/mol. The number of anilines is 1. The van der Waals surface area contributed by atoms with E-state index in [0.717, 1.165) is 4.90 Å². The number of imide groups is 1. The fraction of sp³-hybridized carbons (Fsp3) is 0.105. The molecule has 6 nitrogen and oxygen atoms in total. The van der Waals surface area contributed by atoms with Gasteiger partial charge in [-0.3, -0.25) is 19.3 Å². The van der Waals surface area contributed by atoms with Crippen molar-refractivity contribution >= 4 is 52.2 Å². The molecule has 3 rings (SSSR count). The SMILES string of the molecule is COc1ccc(Cl)cc1/C=C1\SC(=O)N(CC(=O)Nc2ccccc2F)C1=O. The van der Waals surface area contributed by atoms with Crippen molar-refractivity contribution in [1.82, 2.24) is 4.90 Å². The van der Waals surface area contributed by atoms with Crippen molar-refractivity contribution in [3.8, 4) is 5.75 Å². The highest BCUT2D eigenvalue weighted by Crippen LogP contribution is 2.34. The molecule has 1 aliphatic heterocycles. The molecule has 28 heavy (non-hydrogen) atoms. The third kappa shape index (κ3) is 4.35. The van der Waals surface area contributed by atoms with Crippen LogP contribution < -0.4 is 10.1 Å². The number of methoxy groups -OCH3 is 1. The predicted octanol–water partition coefficient (Wildman–Crippen LogP) is 4.16. The number of halogens is 2. The van der Waals surface area contributed by atoms with Crippen molar-refractivity contribution in [3.05, 3.63) is 63.8 Å². The summed E-state index contributed by atoms with van der Waals surface area (Å²) in [4.78, 5) is 37.8. The number of para-hydroxylation sites is 1. The van der Waals surface area contributed by atoms with E-state index >= 15 is 0 Å². The third-order valence-electron chi connectivity index (χ3n) is 3.80. The van der Waals surface area contributed by atoms with Gasteiger partial charge in [0, 0.05) is 10.6 Å². The lowest BCUT2D eigenvalue weighted by molar-refractivity contribution is -0.127. The van der Waals surface area contributed by atoms with E-state index in [1.807, 2.05) is 0 Å². The van der Waals surface area contributed by atoms with E-state index in [2.05, 4.69) is 5.32 Å². The third-order valence-corrected chi connectivity index (χ3v) is 4.94. The molecule has 0 atom stereocenters. The minimum absolute atomic E-state index is 0.0290. The first-order chi connectivity index (χ1) is 13.4. The molecule has 1 saturated heterocycles. The van der Waals surface area contributed by atoms with Crippen LogP contribution in [0.2, 0.25) is 5.02 Å². The molecule has 1 fully saturated rings. The number of amides is 3. The highest BCUT2D eigenvalue weighted by molar-refractivity contribution is 8.18. The number of benzene rings is 2. The second-order valence-electron chi connectivity index (χ2n) is 5.68. The van der Waals surface area contributed by atoms with Crippen LogP contribution in [0.5, 0.6) is 5.75 Å². The Kier molecular flexibility index (Phi) is 6.01. The molecule has 0 saturated carbocycles. The van der Waals surface area contributed by atoms with Gasteiger partial charge in [0.25, 0.3) is 11.1 Å². The summed E-state index contributed by atoms with van der Waals surface area (Å²) in [7, 11) is 1.47. The average molecular weight is 421 g/mol. The number of nitrogens with one attached hydrogen (secondary N) is 1. The molecule has 1 aliphatic rings. The number of thioether (sulfide) groups is 1. The second kappa shape index (κ2) is 8.45. The van der Waals surface area contributed by atoms with Gasteiger partial charge in [0.05, 0.1) is 17.7 Å². The van der Waals surface area contributed by atoms with Gasteiger partial charge in [-0.25, -0.2) is 4.39 Å². The van der Waals surface area contributed by atoms with Gasteiger partial charge >= 0.3 is 0 Å². The maximum absolute atomic E-state index is 13.6. The van der Waals surface area contributed by atoms with Crippen LogP contribution >= 0.6 is 23.4 Å². The number of hydrogen-bond acceptors (Lipinski definition) is 5. The van der Waals surface area contributed by atoms with Crippen LogP contribution in [0.15, 0.2) is 47.4 Å². The van der Waals surface area contributed by atoms with Crippen LogP contribution in [-0.4, -0.2) is 35.6 Å². The van der Waals surface area contributed by atoms with Gasteiger partial charge in [-0.2, -0.15) is 0 Å². The Morgan fingerprint density at radius 3 is 2.75 bits per heavy atom. The number of hydrogen-bond donors (Lipinski definition) is 1. The van der Waals surface area contributed by atoms with Gasteiger partial charge < -0.3 is 10.1 Å². The summed E-state index contributed by atoms with van der Waals surface area (Å²) in [6.07, 6.45) is 1.48. The van der Waals surface area contributed by atoms with E-state index in [1.165, 1.54) is 31.4 Å². The minimum Gasteiger partial charge on any atom is -0.496 e. The summed E-state index contributed by atoms with van der Waals surface area (Å²) in [5.74, 6) is -1.44. The van der Waals surface area contributed by atoms with Gasteiger partial charge in [0.15, 0.2) is 0 Å². The van der Waals surface area contributed by atoms with Gasteiger partial charge in [-0.1, -0.05) is 23.7 Å². The van der Waals surface area contributed by atoms with E-state index < -0.39 is 29.4 Å². The first kappa shape index (κ1) is 19.9. The number of ether oxygens (including phenoxy) is 1. The normalized spacial score (nSPS) is 15.2. The Hall–Kier alpha value is -2.84. The van der Waals surface area contributed by atoms with E-state index in [9.17, 15) is 18.8 Å². The molecule has 1 heterocycles. The number of carbonyl (C=O) groups is 3. The Morgan fingerprint density at radius 2 is 2.04 bits per heavy atom. The van der Waals surface area contributed by atoms with Gasteiger partial charge in [-0.15, -0.1) is 0 Å². The molecular formula is C19H14ClFN2O4S. The molecule has 144 valence electrons. The lowest BCUT2D eigenvalue weighted by atomic mass is 10.2. The summed E-state index contributed by atoms with van der Waals surface area (Å²) in [5.41, 5.74) is 0.495. The standard InChI is InChI=1S/C19H14ClFN2O4S/c1-27-15-7-6-12(20)8-11(15)9-16-18(25)23(19(26)28-16)10-17(24)22-14-5-3-2-4-13(14)21/h2-9H,10H2,1H3,(H,22,24)/b16-9-. The fourth-order valence-corrected chi connectivity index (χ4v) is 3.50. The summed E-state index contributed by atoms with van der Waals surface area (Å²) < 4.78 is 18.8. The zero-order chi connectivity index (χ0) is 20.3. The van der Waals surface area contributed by atoms with Crippen LogP contribution in [0.25, 0.3) is 6.08 Å². The largest absolute Gasteiger partial charge is 0.496 e. The maximum Gasteiger partial charge on any atom is 0.294 e. The first-order valence-corrected chi connectivity index (χ1v) is 9.22. The molecule has 0 unspecified atom stereocenters. The van der Waals surface area contributed by atoms with Gasteiger partial charge in [0.1, 0.15) is 18.1 Å². The van der Waals surface area contributed by atoms with Crippen LogP contribution in [0.3, 0.4) is 0 Å². The average Bonchev–Trinajstić information content (AvgIpc) is 2.91. The smallest absolute Gasteiger partial charge is 0.294 e. The molecule has 3 amide bonds. The van der Waals surface area contributed by atoms with E-state index in [0.29, 0.717) is 28.1 Å². The van der Waals surface area contributed by atoms with Crippen molar-refractivity contribution in [2.24, 2.45) is 0 Å². The highest BCUT2D eigenvalue weighted by atomic mass is 35.5. The Morgan fingerprint density at radius 1 is 1.29 bits per heavy atom. The molecule has 2 aromatic rings. The Bertz CT molecular complexity index is 996. The highest BCUT2D eigenvalue weighted by Gasteiger charge is 2.36. The quantitative estimate of drug-likeness (QED) is 0.735. The summed E-state index contributed by atoms with van der Waals surface area (Å²) in [5, 5.41) is 2.19. The summed E-state index contributed by atoms with van der Waals surface area (Å²) >= 11 is 6.67. The summed E-state index contributed by atoms with van der Waals surface area (Å²) in [6, 6.07) is 10.5. The lowest BCUT2D eigenvalue weighted by Gasteiger charge is -2.12. The molecule has 0 radical (unpaired) electrons. The second-order valence-corrected chi connectivity index (χ2v) is 7.11. The first-order valence-electron chi connectivity index (χ1n) is 8.02. The molecule has 1 N–H and O–H groups in total. The van der Waals surface area contributed by atoms with Crippen molar-refractivity contribution in [3.63, 3.8) is 0 Å². The molecule has 0 spiro atoms. The number of nitrogens with zero attached hydrogens (tertiary/aromatic N) is 1. The molecular weight excluding hydrogens is 407 g/mol. The molecule has 0 bridgehead atoms. The summed E-state index contributed by atoms with van der Waals surface area (Å²) in [6.45, 7) is -0.525. The number of rotatable bonds is 5. The minimum atomic E-state index is -0.686. The van der Waals surface area contributed by atoms with Gasteiger partial charge in [0.2, 0.25) is 5.91 Å². The van der Waals surface area contributed by atoms with Crippen LogP contribution in [0, 0.1) is 5.82 Å². The predicted molar refractivity (Wildman–Crippen MR) is 106 cm³/mol.